The van der Waals surface area contributed by atoms with Gasteiger partial charge in [0, 0.05) is 18.8 Å². The first kappa shape index (κ1) is 29.0. The number of amides is 1. The molecule has 14 heteroatoms. The fourth-order valence-corrected chi connectivity index (χ4v) is 8.35. The lowest BCUT2D eigenvalue weighted by Gasteiger charge is -2.42. The normalized spacial score (nSPS) is 18.3. The molecule has 12 nitrogen and oxygen atoms in total. The summed E-state index contributed by atoms with van der Waals surface area (Å²) in [6.07, 6.45) is 3.02. The highest BCUT2D eigenvalue weighted by Gasteiger charge is 2.54. The second kappa shape index (κ2) is 11.1. The summed E-state index contributed by atoms with van der Waals surface area (Å²) >= 11 is 1.04. The highest BCUT2D eigenvalue weighted by molar-refractivity contribution is 7.91. The molecule has 1 saturated heterocycles. The lowest BCUT2D eigenvalue weighted by Crippen LogP contribution is -2.62. The molecule has 0 spiro atoms. The minimum atomic E-state index is -4.72. The van der Waals surface area contributed by atoms with Gasteiger partial charge in [-0.1, -0.05) is 18.2 Å². The van der Waals surface area contributed by atoms with Crippen molar-refractivity contribution >= 4 is 38.4 Å². The maximum atomic E-state index is 14.3. The van der Waals surface area contributed by atoms with Gasteiger partial charge in [0.2, 0.25) is 5.89 Å². The van der Waals surface area contributed by atoms with Crippen LogP contribution < -0.4 is 9.04 Å². The Bertz CT molecular complexity index is 1540. The summed E-state index contributed by atoms with van der Waals surface area (Å²) in [5.41, 5.74) is -0.981. The van der Waals surface area contributed by atoms with Crippen molar-refractivity contribution in [2.24, 2.45) is 0 Å². The van der Waals surface area contributed by atoms with Crippen LogP contribution in [0.5, 0.6) is 5.75 Å². The Morgan fingerprint density at radius 1 is 1.27 bits per heavy atom. The third-order valence-corrected chi connectivity index (χ3v) is 10.7. The van der Waals surface area contributed by atoms with Gasteiger partial charge in [-0.05, 0) is 45.2 Å². The number of hydrogen-bond donors (Lipinski definition) is 1. The SMILES string of the molecule is COc1ccccc1[C@H](CN1c2sc(-c3ncco3)c(C)c2C(=O)N(C(C)(C)C(=O)O)S1(=O)=O)OC1CCOCC1. The van der Waals surface area contributed by atoms with Crippen molar-refractivity contribution in [3.8, 4) is 16.5 Å². The van der Waals surface area contributed by atoms with Crippen LogP contribution in [0.15, 0.2) is 41.1 Å². The Morgan fingerprint density at radius 2 is 1.98 bits per heavy atom. The molecule has 0 unspecified atom stereocenters. The van der Waals surface area contributed by atoms with Crippen molar-refractivity contribution in [2.45, 2.75) is 51.4 Å². The van der Waals surface area contributed by atoms with Gasteiger partial charge in [-0.25, -0.2) is 18.4 Å². The van der Waals surface area contributed by atoms with E-state index in [-0.39, 0.29) is 29.1 Å². The lowest BCUT2D eigenvalue weighted by molar-refractivity contribution is -0.145. The maximum Gasteiger partial charge on any atom is 0.330 e. The predicted molar refractivity (Wildman–Crippen MR) is 149 cm³/mol. The second-order valence-corrected chi connectivity index (χ2v) is 12.9. The molecule has 1 N–H and O–H groups in total. The van der Waals surface area contributed by atoms with Gasteiger partial charge >= 0.3 is 16.2 Å². The van der Waals surface area contributed by atoms with Gasteiger partial charge in [0.1, 0.15) is 23.1 Å². The third kappa shape index (κ3) is 5.09. The molecule has 1 atom stereocenters. The molecule has 4 heterocycles. The fourth-order valence-electron chi connectivity index (χ4n) is 5.02. The molecule has 2 aliphatic heterocycles. The first-order valence-corrected chi connectivity index (χ1v) is 15.2. The van der Waals surface area contributed by atoms with E-state index in [0.717, 1.165) is 15.6 Å². The van der Waals surface area contributed by atoms with E-state index in [4.69, 9.17) is 18.6 Å². The molecule has 2 aliphatic rings. The van der Waals surface area contributed by atoms with Crippen molar-refractivity contribution in [3.63, 3.8) is 0 Å². The molecule has 1 amide bonds. The number of hydrogen-bond acceptors (Lipinski definition) is 10. The third-order valence-electron chi connectivity index (χ3n) is 7.26. The Balaban J connectivity index is 1.68. The van der Waals surface area contributed by atoms with E-state index in [1.54, 1.807) is 31.2 Å². The van der Waals surface area contributed by atoms with Crippen LogP contribution in [0.3, 0.4) is 0 Å². The molecule has 0 aliphatic carbocycles. The molecule has 41 heavy (non-hydrogen) atoms. The number of benzene rings is 1. The Labute approximate surface area is 241 Å². The number of carboxylic acids is 1. The van der Waals surface area contributed by atoms with Crippen LogP contribution in [0.2, 0.25) is 0 Å². The minimum absolute atomic E-state index is 0.0668. The number of rotatable bonds is 9. The summed E-state index contributed by atoms with van der Waals surface area (Å²) in [7, 11) is -3.20. The van der Waals surface area contributed by atoms with Gasteiger partial charge in [0.15, 0.2) is 5.54 Å². The number of ether oxygens (including phenoxy) is 3. The average Bonchev–Trinajstić information content (AvgIpc) is 3.58. The van der Waals surface area contributed by atoms with E-state index in [9.17, 15) is 23.1 Å². The molecule has 0 radical (unpaired) electrons. The van der Waals surface area contributed by atoms with Crippen molar-refractivity contribution in [3.05, 3.63) is 53.4 Å². The zero-order chi connectivity index (χ0) is 29.5. The summed E-state index contributed by atoms with van der Waals surface area (Å²) < 4.78 is 53.1. The smallest absolute Gasteiger partial charge is 0.330 e. The highest BCUT2D eigenvalue weighted by Crippen LogP contribution is 2.48. The summed E-state index contributed by atoms with van der Waals surface area (Å²) in [5.74, 6) is -1.69. The first-order valence-electron chi connectivity index (χ1n) is 13.0. The molecular formula is C27H31N3O9S2. The van der Waals surface area contributed by atoms with E-state index in [1.165, 1.54) is 33.4 Å². The van der Waals surface area contributed by atoms with Crippen molar-refractivity contribution in [1.29, 1.82) is 0 Å². The van der Waals surface area contributed by atoms with Gasteiger partial charge in [0.05, 0.1) is 36.4 Å². The van der Waals surface area contributed by atoms with E-state index < -0.39 is 33.7 Å². The maximum absolute atomic E-state index is 14.3. The summed E-state index contributed by atoms with van der Waals surface area (Å²) in [6, 6.07) is 7.14. The number of aromatic nitrogens is 1. The van der Waals surface area contributed by atoms with Crippen molar-refractivity contribution < 1.29 is 41.7 Å². The van der Waals surface area contributed by atoms with Crippen LogP contribution >= 0.6 is 11.3 Å². The zero-order valence-electron chi connectivity index (χ0n) is 23.0. The molecule has 2 aromatic heterocycles. The molecular weight excluding hydrogens is 574 g/mol. The van der Waals surface area contributed by atoms with Gasteiger partial charge < -0.3 is 23.7 Å². The van der Waals surface area contributed by atoms with Crippen LogP contribution in [-0.2, 0) is 24.5 Å². The molecule has 220 valence electrons. The predicted octanol–water partition coefficient (Wildman–Crippen LogP) is 4.03. The summed E-state index contributed by atoms with van der Waals surface area (Å²) in [5, 5.41) is 10.1. The molecule has 3 aromatic rings. The van der Waals surface area contributed by atoms with Crippen LogP contribution in [0.25, 0.3) is 10.8 Å². The number of fused-ring (bicyclic) bond motifs is 1. The molecule has 0 saturated carbocycles. The second-order valence-electron chi connectivity index (χ2n) is 10.2. The Morgan fingerprint density at radius 3 is 2.61 bits per heavy atom. The number of nitrogens with zero attached hydrogens (tertiary/aromatic N) is 3. The van der Waals surface area contributed by atoms with Crippen molar-refractivity contribution in [1.82, 2.24) is 9.29 Å². The highest BCUT2D eigenvalue weighted by atomic mass is 32.2. The Hall–Kier alpha value is -3.46. The van der Waals surface area contributed by atoms with E-state index in [1.807, 2.05) is 0 Å². The number of carbonyl (C=O) groups is 2. The number of methoxy groups -OCH3 is 1. The minimum Gasteiger partial charge on any atom is -0.496 e. The van der Waals surface area contributed by atoms with Crippen LogP contribution in [0.1, 0.15) is 54.3 Å². The number of aliphatic carboxylic acids is 1. The van der Waals surface area contributed by atoms with E-state index in [2.05, 4.69) is 4.98 Å². The van der Waals surface area contributed by atoms with Crippen LogP contribution in [0, 0.1) is 6.92 Å². The summed E-state index contributed by atoms with van der Waals surface area (Å²) in [4.78, 5) is 30.8. The topological polar surface area (TPSA) is 149 Å². The number of carboxylic acid groups (broad SMARTS) is 1. The van der Waals surface area contributed by atoms with Gasteiger partial charge in [-0.2, -0.15) is 8.42 Å². The van der Waals surface area contributed by atoms with Gasteiger partial charge in [-0.3, -0.25) is 4.79 Å². The molecule has 1 fully saturated rings. The van der Waals surface area contributed by atoms with E-state index >= 15 is 0 Å². The monoisotopic (exact) mass is 605 g/mol. The zero-order valence-corrected chi connectivity index (χ0v) is 24.7. The number of anilines is 1. The summed E-state index contributed by atoms with van der Waals surface area (Å²) in [6.45, 7) is 4.78. The number of para-hydroxylation sites is 1. The fraction of sp³-hybridized carbons (Fsp3) is 0.444. The van der Waals surface area contributed by atoms with E-state index in [0.29, 0.717) is 52.1 Å². The van der Waals surface area contributed by atoms with Gasteiger partial charge in [0.25, 0.3) is 5.91 Å². The van der Waals surface area contributed by atoms with Crippen LogP contribution in [0.4, 0.5) is 5.00 Å². The number of thiophene rings is 1. The lowest BCUT2D eigenvalue weighted by atomic mass is 10.0. The van der Waals surface area contributed by atoms with Crippen molar-refractivity contribution in [2.75, 3.05) is 31.2 Å². The number of carbonyl (C=O) groups excluding carboxylic acids is 1. The average molecular weight is 606 g/mol. The first-order chi connectivity index (χ1) is 19.5. The largest absolute Gasteiger partial charge is 0.496 e. The van der Waals surface area contributed by atoms with Crippen LogP contribution in [-0.4, -0.2) is 73.2 Å². The molecule has 1 aromatic carbocycles. The quantitative estimate of drug-likeness (QED) is 0.379. The molecule has 0 bridgehead atoms. The Kier molecular flexibility index (Phi) is 7.85. The van der Waals surface area contributed by atoms with Gasteiger partial charge in [-0.15, -0.1) is 11.3 Å². The standard InChI is InChI=1S/C27H31N3O9S2/c1-16-21-24(31)30(27(2,3)26(32)33)41(34,35)29(25(21)40-22(16)23-28-11-14-38-23)15-20(39-17-9-12-37-13-10-17)18-7-5-6-8-19(18)36-4/h5-8,11,14,17,20H,9-10,12-13,15H2,1-4H3,(H,32,33)/t20-/m0/s1. The number of oxazole rings is 1. The molecule has 5 rings (SSSR count).